The van der Waals surface area contributed by atoms with Crippen molar-refractivity contribution in [1.82, 2.24) is 4.90 Å². The third-order valence-electron chi connectivity index (χ3n) is 4.91. The predicted molar refractivity (Wildman–Crippen MR) is 97.6 cm³/mol. The van der Waals surface area contributed by atoms with Crippen molar-refractivity contribution in [1.29, 1.82) is 0 Å². The van der Waals surface area contributed by atoms with Gasteiger partial charge in [-0.05, 0) is 61.4 Å². The van der Waals surface area contributed by atoms with Crippen LogP contribution in [0.1, 0.15) is 44.7 Å². The Kier molecular flexibility index (Phi) is 6.67. The van der Waals surface area contributed by atoms with Gasteiger partial charge in [0.15, 0.2) is 0 Å². The Hall–Kier alpha value is -1.10. The fourth-order valence-corrected chi connectivity index (χ4v) is 3.17. The Balaban J connectivity index is 1.80. The van der Waals surface area contributed by atoms with Crippen molar-refractivity contribution >= 4 is 0 Å². The fourth-order valence-electron chi connectivity index (χ4n) is 3.17. The maximum absolute atomic E-state index is 10.2. The molecule has 0 amide bonds. The van der Waals surface area contributed by atoms with Gasteiger partial charge in [-0.1, -0.05) is 32.9 Å². The first-order valence-corrected chi connectivity index (χ1v) is 9.05. The van der Waals surface area contributed by atoms with Gasteiger partial charge >= 0.3 is 0 Å². The van der Waals surface area contributed by atoms with Crippen molar-refractivity contribution in [3.63, 3.8) is 0 Å². The van der Waals surface area contributed by atoms with Crippen LogP contribution in [0.3, 0.4) is 0 Å². The van der Waals surface area contributed by atoms with E-state index < -0.39 is 6.10 Å². The average molecular weight is 335 g/mol. The van der Waals surface area contributed by atoms with E-state index in [-0.39, 0.29) is 12.0 Å². The van der Waals surface area contributed by atoms with Gasteiger partial charge < -0.3 is 19.8 Å². The third-order valence-corrected chi connectivity index (χ3v) is 4.91. The van der Waals surface area contributed by atoms with Gasteiger partial charge in [-0.2, -0.15) is 0 Å². The van der Waals surface area contributed by atoms with Crippen molar-refractivity contribution in [2.45, 2.75) is 52.1 Å². The lowest BCUT2D eigenvalue weighted by Crippen LogP contribution is -2.41. The van der Waals surface area contributed by atoms with Gasteiger partial charge in [0.2, 0.25) is 0 Å². The molecule has 1 heterocycles. The van der Waals surface area contributed by atoms with E-state index in [1.807, 2.05) is 6.07 Å². The quantitative estimate of drug-likeness (QED) is 0.839. The molecule has 0 aliphatic carbocycles. The molecule has 24 heavy (non-hydrogen) atoms. The maximum Gasteiger partial charge on any atom is 0.122 e. The van der Waals surface area contributed by atoms with Crippen LogP contribution in [0.15, 0.2) is 18.2 Å². The highest BCUT2D eigenvalue weighted by Crippen LogP contribution is 2.27. The zero-order valence-electron chi connectivity index (χ0n) is 15.6. The number of aliphatic hydroxyl groups is 2. The minimum atomic E-state index is -0.489. The van der Waals surface area contributed by atoms with Crippen LogP contribution in [0, 0.1) is 12.8 Å². The molecular formula is C20H33NO3. The van der Waals surface area contributed by atoms with E-state index in [1.54, 1.807) is 0 Å². The summed E-state index contributed by atoms with van der Waals surface area (Å²) in [6.45, 7) is 11.8. The van der Waals surface area contributed by atoms with Gasteiger partial charge in [0.25, 0.3) is 0 Å². The molecular weight excluding hydrogens is 302 g/mol. The Labute approximate surface area is 146 Å². The van der Waals surface area contributed by atoms with Crippen LogP contribution in [0.2, 0.25) is 0 Å². The van der Waals surface area contributed by atoms with E-state index in [1.165, 1.54) is 5.56 Å². The van der Waals surface area contributed by atoms with Crippen molar-refractivity contribution < 1.29 is 14.9 Å². The fraction of sp³-hybridized carbons (Fsp3) is 0.700. The number of hydrogen-bond acceptors (Lipinski definition) is 4. The van der Waals surface area contributed by atoms with E-state index >= 15 is 0 Å². The predicted octanol–water partition coefficient (Wildman–Crippen LogP) is 2.74. The average Bonchev–Trinajstić information content (AvgIpc) is 2.53. The highest BCUT2D eigenvalue weighted by atomic mass is 16.5. The lowest BCUT2D eigenvalue weighted by Gasteiger charge is -2.32. The van der Waals surface area contributed by atoms with E-state index in [2.05, 4.69) is 44.7 Å². The summed E-state index contributed by atoms with van der Waals surface area (Å²) in [6.07, 6.45) is 1.53. The first-order valence-electron chi connectivity index (χ1n) is 9.05. The van der Waals surface area contributed by atoms with Crippen molar-refractivity contribution in [3.8, 4) is 5.75 Å². The Morgan fingerprint density at radius 1 is 1.25 bits per heavy atom. The molecule has 2 rings (SSSR count). The van der Waals surface area contributed by atoms with E-state index in [9.17, 15) is 10.2 Å². The molecule has 1 aliphatic heterocycles. The largest absolute Gasteiger partial charge is 0.491 e. The normalized spacial score (nSPS) is 18.6. The van der Waals surface area contributed by atoms with E-state index in [0.717, 1.165) is 37.2 Å². The van der Waals surface area contributed by atoms with Crippen LogP contribution in [-0.2, 0) is 5.41 Å². The second kappa shape index (κ2) is 8.32. The molecule has 1 aliphatic rings. The molecule has 136 valence electrons. The summed E-state index contributed by atoms with van der Waals surface area (Å²) in [5.74, 6) is 1.28. The highest BCUT2D eigenvalue weighted by molar-refractivity contribution is 5.38. The summed E-state index contributed by atoms with van der Waals surface area (Å²) in [4.78, 5) is 2.26. The first kappa shape index (κ1) is 19.2. The van der Waals surface area contributed by atoms with Crippen LogP contribution in [0.5, 0.6) is 5.75 Å². The maximum atomic E-state index is 10.2. The minimum Gasteiger partial charge on any atom is -0.491 e. The highest BCUT2D eigenvalue weighted by Gasteiger charge is 2.21. The number of hydrogen-bond donors (Lipinski definition) is 2. The molecule has 1 atom stereocenters. The molecule has 1 aromatic rings. The van der Waals surface area contributed by atoms with Gasteiger partial charge in [0.05, 0.1) is 0 Å². The lowest BCUT2D eigenvalue weighted by atomic mass is 9.86. The number of aryl methyl sites for hydroxylation is 1. The van der Waals surface area contributed by atoms with Crippen LogP contribution < -0.4 is 4.74 Å². The molecule has 0 saturated carbocycles. The number of likely N-dealkylation sites (tertiary alicyclic amines) is 1. The van der Waals surface area contributed by atoms with Crippen molar-refractivity contribution in [3.05, 3.63) is 29.3 Å². The number of nitrogens with zero attached hydrogens (tertiary/aromatic N) is 1. The second-order valence-electron chi connectivity index (χ2n) is 8.12. The van der Waals surface area contributed by atoms with Gasteiger partial charge in [-0.3, -0.25) is 0 Å². The summed E-state index contributed by atoms with van der Waals surface area (Å²) >= 11 is 0. The number of ether oxygens (including phenoxy) is 1. The number of β-amino-alcohol motifs (C(OH)–C–C–N with tert-alkyl or cyclic N) is 1. The van der Waals surface area contributed by atoms with Crippen molar-refractivity contribution in [2.24, 2.45) is 5.92 Å². The Morgan fingerprint density at radius 2 is 1.92 bits per heavy atom. The van der Waals surface area contributed by atoms with Crippen LogP contribution >= 0.6 is 0 Å². The monoisotopic (exact) mass is 335 g/mol. The van der Waals surface area contributed by atoms with Gasteiger partial charge in [-0.25, -0.2) is 0 Å². The molecule has 4 heteroatoms. The Bertz CT molecular complexity index is 516. The molecule has 0 aromatic heterocycles. The molecule has 4 nitrogen and oxygen atoms in total. The smallest absolute Gasteiger partial charge is 0.122 e. The standard InChI is InChI=1S/C20H33NO3/c1-15-11-17(20(2,3)4)5-6-19(15)24-14-18(23)12-21-9-7-16(13-22)8-10-21/h5-6,11,16,18,22-23H,7-10,12-14H2,1-4H3. The first-order chi connectivity index (χ1) is 11.3. The molecule has 1 saturated heterocycles. The number of rotatable bonds is 6. The number of aliphatic hydroxyl groups excluding tert-OH is 2. The SMILES string of the molecule is Cc1cc(C(C)(C)C)ccc1OCC(O)CN1CCC(CO)CC1. The molecule has 0 spiro atoms. The second-order valence-corrected chi connectivity index (χ2v) is 8.12. The Morgan fingerprint density at radius 3 is 2.46 bits per heavy atom. The number of piperidine rings is 1. The lowest BCUT2D eigenvalue weighted by molar-refractivity contribution is 0.0487. The van der Waals surface area contributed by atoms with Gasteiger partial charge in [0.1, 0.15) is 18.5 Å². The number of benzene rings is 1. The summed E-state index contributed by atoms with van der Waals surface area (Å²) in [7, 11) is 0. The molecule has 0 radical (unpaired) electrons. The van der Waals surface area contributed by atoms with Crippen LogP contribution in [-0.4, -0.2) is 54.1 Å². The zero-order valence-corrected chi connectivity index (χ0v) is 15.6. The summed E-state index contributed by atoms with van der Waals surface area (Å²) in [5.41, 5.74) is 2.53. The third kappa shape index (κ3) is 5.47. The molecule has 1 aromatic carbocycles. The summed E-state index contributed by atoms with van der Waals surface area (Å²) < 4.78 is 5.83. The molecule has 1 unspecified atom stereocenters. The minimum absolute atomic E-state index is 0.128. The molecule has 0 bridgehead atoms. The van der Waals surface area contributed by atoms with Gasteiger partial charge in [0, 0.05) is 13.2 Å². The molecule has 1 fully saturated rings. The van der Waals surface area contributed by atoms with Gasteiger partial charge in [-0.15, -0.1) is 0 Å². The topological polar surface area (TPSA) is 52.9 Å². The van der Waals surface area contributed by atoms with Crippen LogP contribution in [0.4, 0.5) is 0 Å². The van der Waals surface area contributed by atoms with E-state index in [0.29, 0.717) is 19.1 Å². The van der Waals surface area contributed by atoms with Crippen LogP contribution in [0.25, 0.3) is 0 Å². The summed E-state index contributed by atoms with van der Waals surface area (Å²) in [6, 6.07) is 6.28. The van der Waals surface area contributed by atoms with E-state index in [4.69, 9.17) is 4.74 Å². The zero-order chi connectivity index (χ0) is 17.7. The molecule has 2 N–H and O–H groups in total. The van der Waals surface area contributed by atoms with Crippen molar-refractivity contribution in [2.75, 3.05) is 32.8 Å². The summed E-state index contributed by atoms with van der Waals surface area (Å²) in [5, 5.41) is 19.4.